The summed E-state index contributed by atoms with van der Waals surface area (Å²) in [5.74, 6) is 0.237. The smallest absolute Gasteiger partial charge is 0.236 e. The first kappa shape index (κ1) is 15.0. The maximum Gasteiger partial charge on any atom is 0.236 e. The first-order chi connectivity index (χ1) is 10.2. The largest absolute Gasteiger partial charge is 0.337 e. The molecule has 1 saturated heterocycles. The molecule has 1 amide bonds. The van der Waals surface area contributed by atoms with E-state index in [1.54, 1.807) is 0 Å². The number of carbonyl (C=O) groups is 1. The lowest BCUT2D eigenvalue weighted by Crippen LogP contribution is -2.44. The van der Waals surface area contributed by atoms with Crippen molar-refractivity contribution < 1.29 is 4.79 Å². The Morgan fingerprint density at radius 3 is 3.00 bits per heavy atom. The lowest BCUT2D eigenvalue weighted by molar-refractivity contribution is -0.131. The molecule has 2 aliphatic rings. The third-order valence-corrected chi connectivity index (χ3v) is 5.66. The Hall–Kier alpha value is -0.910. The molecule has 0 bridgehead atoms. The quantitative estimate of drug-likeness (QED) is 0.899. The van der Waals surface area contributed by atoms with E-state index in [1.165, 1.54) is 36.4 Å². The van der Waals surface area contributed by atoms with Crippen LogP contribution in [0.4, 0.5) is 0 Å². The maximum atomic E-state index is 12.3. The van der Waals surface area contributed by atoms with Crippen molar-refractivity contribution in [2.24, 2.45) is 0 Å². The van der Waals surface area contributed by atoms with Crippen LogP contribution in [0, 0.1) is 0 Å². The van der Waals surface area contributed by atoms with Gasteiger partial charge in [-0.2, -0.15) is 0 Å². The van der Waals surface area contributed by atoms with Crippen molar-refractivity contribution in [2.75, 3.05) is 32.7 Å². The van der Waals surface area contributed by atoms with Gasteiger partial charge in [-0.25, -0.2) is 0 Å². The highest BCUT2D eigenvalue weighted by Crippen LogP contribution is 2.23. The van der Waals surface area contributed by atoms with Gasteiger partial charge in [-0.1, -0.05) is 0 Å². The first-order valence-electron chi connectivity index (χ1n) is 8.02. The highest BCUT2D eigenvalue weighted by molar-refractivity contribution is 7.10. The topological polar surface area (TPSA) is 35.6 Å². The Balaban J connectivity index is 1.40. The Bertz CT molecular complexity index is 482. The van der Waals surface area contributed by atoms with Gasteiger partial charge in [0.1, 0.15) is 0 Å². The molecule has 1 fully saturated rings. The molecular weight excluding hydrogens is 282 g/mol. The molecule has 1 N–H and O–H groups in total. The number of fused-ring (bicyclic) bond motifs is 1. The van der Waals surface area contributed by atoms with E-state index in [4.69, 9.17) is 0 Å². The van der Waals surface area contributed by atoms with E-state index in [9.17, 15) is 4.79 Å². The van der Waals surface area contributed by atoms with Crippen molar-refractivity contribution in [3.63, 3.8) is 0 Å². The standard InChI is InChI=1S/C16H25N3OS/c1-13(18-6-2-3-7-18)10-17-11-16(20)19-8-4-15-14(12-19)5-9-21-15/h5,9,13,17H,2-4,6-8,10-12H2,1H3. The second-order valence-corrected chi connectivity index (χ2v) is 7.16. The van der Waals surface area contributed by atoms with Gasteiger partial charge in [0.05, 0.1) is 6.54 Å². The van der Waals surface area contributed by atoms with Crippen LogP contribution in [0.1, 0.15) is 30.2 Å². The molecule has 0 spiro atoms. The molecule has 3 rings (SSSR count). The highest BCUT2D eigenvalue weighted by atomic mass is 32.1. The van der Waals surface area contributed by atoms with Crippen LogP contribution in [-0.4, -0.2) is 54.5 Å². The Morgan fingerprint density at radius 1 is 1.38 bits per heavy atom. The molecule has 1 atom stereocenters. The van der Waals surface area contributed by atoms with Gasteiger partial charge in [0.25, 0.3) is 0 Å². The van der Waals surface area contributed by atoms with Gasteiger partial charge in [-0.15, -0.1) is 11.3 Å². The first-order valence-corrected chi connectivity index (χ1v) is 8.90. The number of hydrogen-bond acceptors (Lipinski definition) is 4. The van der Waals surface area contributed by atoms with Crippen molar-refractivity contribution in [1.82, 2.24) is 15.1 Å². The van der Waals surface area contributed by atoms with Gasteiger partial charge >= 0.3 is 0 Å². The zero-order valence-electron chi connectivity index (χ0n) is 12.8. The normalized spacial score (nSPS) is 20.5. The summed E-state index contributed by atoms with van der Waals surface area (Å²) in [7, 11) is 0. The van der Waals surface area contributed by atoms with Gasteiger partial charge in [-0.3, -0.25) is 9.69 Å². The van der Waals surface area contributed by atoms with Crippen molar-refractivity contribution in [3.05, 3.63) is 21.9 Å². The number of carbonyl (C=O) groups excluding carboxylic acids is 1. The van der Waals surface area contributed by atoms with E-state index in [2.05, 4.69) is 28.6 Å². The average molecular weight is 307 g/mol. The number of thiophene rings is 1. The zero-order valence-corrected chi connectivity index (χ0v) is 13.6. The second-order valence-electron chi connectivity index (χ2n) is 6.16. The Kier molecular flexibility index (Phi) is 4.93. The van der Waals surface area contributed by atoms with Gasteiger partial charge in [0.15, 0.2) is 0 Å². The third kappa shape index (κ3) is 3.65. The number of amides is 1. The molecule has 1 unspecified atom stereocenters. The molecule has 21 heavy (non-hydrogen) atoms. The second kappa shape index (κ2) is 6.90. The minimum absolute atomic E-state index is 0.237. The van der Waals surface area contributed by atoms with Crippen LogP contribution in [0.25, 0.3) is 0 Å². The van der Waals surface area contributed by atoms with Gasteiger partial charge in [0.2, 0.25) is 5.91 Å². The molecule has 0 aliphatic carbocycles. The summed E-state index contributed by atoms with van der Waals surface area (Å²) in [6, 6.07) is 2.69. The predicted octanol–water partition coefficient (Wildman–Crippen LogP) is 1.71. The summed E-state index contributed by atoms with van der Waals surface area (Å²) in [6.07, 6.45) is 3.66. The summed E-state index contributed by atoms with van der Waals surface area (Å²) < 4.78 is 0. The summed E-state index contributed by atoms with van der Waals surface area (Å²) >= 11 is 1.82. The number of rotatable bonds is 5. The van der Waals surface area contributed by atoms with E-state index in [0.717, 1.165) is 26.1 Å². The van der Waals surface area contributed by atoms with Crippen LogP contribution in [0.3, 0.4) is 0 Å². The van der Waals surface area contributed by atoms with Crippen LogP contribution in [0.5, 0.6) is 0 Å². The molecule has 116 valence electrons. The van der Waals surface area contributed by atoms with Crippen LogP contribution >= 0.6 is 11.3 Å². The SMILES string of the molecule is CC(CNCC(=O)N1CCc2sccc2C1)N1CCCC1. The van der Waals surface area contributed by atoms with Crippen molar-refractivity contribution >= 4 is 17.2 Å². The minimum atomic E-state index is 0.237. The fraction of sp³-hybridized carbons (Fsp3) is 0.688. The maximum absolute atomic E-state index is 12.3. The fourth-order valence-corrected chi connectivity index (χ4v) is 4.16. The van der Waals surface area contributed by atoms with E-state index in [1.807, 2.05) is 16.2 Å². The molecule has 1 aromatic heterocycles. The molecule has 1 aromatic rings. The highest BCUT2D eigenvalue weighted by Gasteiger charge is 2.22. The molecular formula is C16H25N3OS. The Morgan fingerprint density at radius 2 is 2.19 bits per heavy atom. The van der Waals surface area contributed by atoms with E-state index < -0.39 is 0 Å². The molecule has 5 heteroatoms. The van der Waals surface area contributed by atoms with Crippen LogP contribution in [0.15, 0.2) is 11.4 Å². The van der Waals surface area contributed by atoms with Crippen LogP contribution in [0.2, 0.25) is 0 Å². The predicted molar refractivity (Wildman–Crippen MR) is 86.6 cm³/mol. The summed E-state index contributed by atoms with van der Waals surface area (Å²) in [6.45, 7) is 7.71. The average Bonchev–Trinajstić information content (AvgIpc) is 3.17. The van der Waals surface area contributed by atoms with Gasteiger partial charge < -0.3 is 10.2 Å². The van der Waals surface area contributed by atoms with Crippen LogP contribution in [-0.2, 0) is 17.8 Å². The van der Waals surface area contributed by atoms with Crippen molar-refractivity contribution in [3.8, 4) is 0 Å². The lowest BCUT2D eigenvalue weighted by atomic mass is 10.1. The number of nitrogens with zero attached hydrogens (tertiary/aromatic N) is 2. The summed E-state index contributed by atoms with van der Waals surface area (Å²) in [4.78, 5) is 18.2. The third-order valence-electron chi connectivity index (χ3n) is 4.64. The van der Waals surface area contributed by atoms with Crippen molar-refractivity contribution in [2.45, 2.75) is 38.8 Å². The Labute approximate surface area is 131 Å². The summed E-state index contributed by atoms with van der Waals surface area (Å²) in [5, 5.41) is 5.48. The van der Waals surface area contributed by atoms with Crippen LogP contribution < -0.4 is 5.32 Å². The van der Waals surface area contributed by atoms with E-state index >= 15 is 0 Å². The van der Waals surface area contributed by atoms with Gasteiger partial charge in [0, 0.05) is 30.6 Å². The number of nitrogens with one attached hydrogen (secondary N) is 1. The fourth-order valence-electron chi connectivity index (χ4n) is 3.27. The monoisotopic (exact) mass is 307 g/mol. The van der Waals surface area contributed by atoms with E-state index in [-0.39, 0.29) is 5.91 Å². The molecule has 2 aliphatic heterocycles. The molecule has 4 nitrogen and oxygen atoms in total. The van der Waals surface area contributed by atoms with E-state index in [0.29, 0.717) is 12.6 Å². The van der Waals surface area contributed by atoms with Gasteiger partial charge in [-0.05, 0) is 56.3 Å². The summed E-state index contributed by atoms with van der Waals surface area (Å²) in [5.41, 5.74) is 1.34. The minimum Gasteiger partial charge on any atom is -0.337 e. The lowest BCUT2D eigenvalue weighted by Gasteiger charge is -2.28. The molecule has 0 radical (unpaired) electrons. The molecule has 0 saturated carbocycles. The zero-order chi connectivity index (χ0) is 14.7. The molecule has 3 heterocycles. The number of hydrogen-bond donors (Lipinski definition) is 1. The number of likely N-dealkylation sites (tertiary alicyclic amines) is 1. The molecule has 0 aromatic carbocycles. The van der Waals surface area contributed by atoms with Crippen molar-refractivity contribution in [1.29, 1.82) is 0 Å².